The third kappa shape index (κ3) is 4.59. The van der Waals surface area contributed by atoms with Crippen molar-refractivity contribution in [3.8, 4) is 39.5 Å². The van der Waals surface area contributed by atoms with Gasteiger partial charge >= 0.3 is 0 Å². The molecular formula is C46H29N3. The minimum atomic E-state index is 0.662. The zero-order valence-corrected chi connectivity index (χ0v) is 26.6. The maximum atomic E-state index is 5.43. The van der Waals surface area contributed by atoms with Crippen molar-refractivity contribution in [3.05, 3.63) is 176 Å². The lowest BCUT2D eigenvalue weighted by Crippen LogP contribution is -2.03. The largest absolute Gasteiger partial charge is 0.278 e. The van der Waals surface area contributed by atoms with Crippen LogP contribution in [0, 0.1) is 0 Å². The molecule has 0 amide bonds. The van der Waals surface area contributed by atoms with E-state index in [-0.39, 0.29) is 0 Å². The van der Waals surface area contributed by atoms with E-state index in [1.54, 1.807) is 0 Å². The second kappa shape index (κ2) is 11.0. The van der Waals surface area contributed by atoms with E-state index in [9.17, 15) is 0 Å². The normalized spacial score (nSPS) is 11.7. The van der Waals surface area contributed by atoms with E-state index >= 15 is 0 Å². The lowest BCUT2D eigenvalue weighted by molar-refractivity contribution is 1.01. The highest BCUT2D eigenvalue weighted by Crippen LogP contribution is 2.37. The smallest absolute Gasteiger partial charge is 0.235 e. The van der Waals surface area contributed by atoms with E-state index in [1.807, 2.05) is 0 Å². The van der Waals surface area contributed by atoms with Gasteiger partial charge in [0.05, 0.1) is 22.2 Å². The van der Waals surface area contributed by atoms with Crippen LogP contribution in [0.15, 0.2) is 176 Å². The van der Waals surface area contributed by atoms with E-state index in [2.05, 4.69) is 180 Å². The van der Waals surface area contributed by atoms with Gasteiger partial charge in [-0.25, -0.2) is 9.97 Å². The molecule has 2 heterocycles. The van der Waals surface area contributed by atoms with Crippen LogP contribution in [0.4, 0.5) is 0 Å². The molecule has 0 aliphatic heterocycles. The fourth-order valence-electron chi connectivity index (χ4n) is 7.31. The summed E-state index contributed by atoms with van der Waals surface area (Å²) < 4.78 is 2.23. The molecule has 0 radical (unpaired) electrons. The molecule has 0 bridgehead atoms. The van der Waals surface area contributed by atoms with Crippen LogP contribution in [0.5, 0.6) is 0 Å². The van der Waals surface area contributed by atoms with Crippen LogP contribution in [0.3, 0.4) is 0 Å². The quantitative estimate of drug-likeness (QED) is 0.195. The Morgan fingerprint density at radius 3 is 1.73 bits per heavy atom. The molecule has 0 fully saturated rings. The predicted octanol–water partition coefficient (Wildman–Crippen LogP) is 12.0. The van der Waals surface area contributed by atoms with E-state index in [4.69, 9.17) is 9.97 Å². The van der Waals surface area contributed by atoms with Crippen LogP contribution in [0.2, 0.25) is 0 Å². The predicted molar refractivity (Wildman–Crippen MR) is 205 cm³/mol. The zero-order chi connectivity index (χ0) is 32.3. The van der Waals surface area contributed by atoms with Crippen LogP contribution in [0.1, 0.15) is 0 Å². The zero-order valence-electron chi connectivity index (χ0n) is 26.6. The first-order chi connectivity index (χ1) is 24.3. The Morgan fingerprint density at radius 2 is 0.918 bits per heavy atom. The van der Waals surface area contributed by atoms with E-state index < -0.39 is 0 Å². The molecule has 0 N–H and O–H groups in total. The average Bonchev–Trinajstić information content (AvgIpc) is 3.49. The first-order valence-electron chi connectivity index (χ1n) is 16.7. The highest BCUT2D eigenvalue weighted by molar-refractivity contribution is 6.13. The average molecular weight is 624 g/mol. The Bertz CT molecular complexity index is 2870. The van der Waals surface area contributed by atoms with Gasteiger partial charge < -0.3 is 0 Å². The first kappa shape index (κ1) is 27.5. The van der Waals surface area contributed by atoms with Crippen molar-refractivity contribution >= 4 is 54.3 Å². The highest BCUT2D eigenvalue weighted by Gasteiger charge is 2.18. The van der Waals surface area contributed by atoms with Crippen LogP contribution in [0.25, 0.3) is 93.7 Å². The maximum absolute atomic E-state index is 5.43. The van der Waals surface area contributed by atoms with Gasteiger partial charge in [0.2, 0.25) is 5.95 Å². The molecule has 0 saturated carbocycles. The summed E-state index contributed by atoms with van der Waals surface area (Å²) in [7, 11) is 0. The van der Waals surface area contributed by atoms with Gasteiger partial charge in [0.15, 0.2) is 0 Å². The van der Waals surface area contributed by atoms with Gasteiger partial charge in [-0.05, 0) is 80.2 Å². The maximum Gasteiger partial charge on any atom is 0.235 e. The number of rotatable bonds is 4. The van der Waals surface area contributed by atoms with Gasteiger partial charge in [0.25, 0.3) is 0 Å². The van der Waals surface area contributed by atoms with Gasteiger partial charge in [-0.15, -0.1) is 0 Å². The van der Waals surface area contributed by atoms with Gasteiger partial charge in [0.1, 0.15) is 0 Å². The number of para-hydroxylation sites is 1. The summed E-state index contributed by atoms with van der Waals surface area (Å²) in [6.07, 6.45) is 0. The molecule has 10 rings (SSSR count). The summed E-state index contributed by atoms with van der Waals surface area (Å²) in [6.45, 7) is 0. The molecule has 0 unspecified atom stereocenters. The summed E-state index contributed by atoms with van der Waals surface area (Å²) in [6, 6.07) is 62.7. The molecule has 3 nitrogen and oxygen atoms in total. The number of benzene rings is 8. The fourth-order valence-corrected chi connectivity index (χ4v) is 7.31. The standard InChI is InChI=1S/C46H29N3/c1-2-10-30(11-3-1)32-18-21-33(22-19-32)45-41-28-38(37-23-20-31-12-4-5-13-34(31)26-37)24-25-42(41)47-46(48-45)49-43-17-9-8-16-39(43)40-27-35-14-6-7-15-36(35)29-44(40)49/h1-29H. The number of aromatic nitrogens is 3. The summed E-state index contributed by atoms with van der Waals surface area (Å²) in [5.74, 6) is 0.662. The molecule has 2 aromatic heterocycles. The number of fused-ring (bicyclic) bond motifs is 6. The van der Waals surface area contributed by atoms with Crippen molar-refractivity contribution in [1.29, 1.82) is 0 Å². The lowest BCUT2D eigenvalue weighted by Gasteiger charge is -2.14. The van der Waals surface area contributed by atoms with Crippen molar-refractivity contribution in [3.63, 3.8) is 0 Å². The third-order valence-electron chi connectivity index (χ3n) is 9.77. The topological polar surface area (TPSA) is 30.7 Å². The monoisotopic (exact) mass is 623 g/mol. The molecule has 0 atom stereocenters. The summed E-state index contributed by atoms with van der Waals surface area (Å²) in [5.41, 5.74) is 9.73. The van der Waals surface area contributed by atoms with Crippen molar-refractivity contribution < 1.29 is 0 Å². The van der Waals surface area contributed by atoms with Crippen LogP contribution in [-0.2, 0) is 0 Å². The minimum Gasteiger partial charge on any atom is -0.278 e. The second-order valence-corrected chi connectivity index (χ2v) is 12.7. The van der Waals surface area contributed by atoms with Crippen molar-refractivity contribution in [2.75, 3.05) is 0 Å². The second-order valence-electron chi connectivity index (χ2n) is 12.7. The van der Waals surface area contributed by atoms with Crippen molar-refractivity contribution in [2.45, 2.75) is 0 Å². The Labute approximate surface area is 283 Å². The number of hydrogen-bond donors (Lipinski definition) is 0. The Hall–Kier alpha value is -6.58. The molecule has 3 heteroatoms. The van der Waals surface area contributed by atoms with E-state index in [1.165, 1.54) is 49.0 Å². The molecular weight excluding hydrogens is 595 g/mol. The molecule has 10 aromatic rings. The molecule has 0 aliphatic rings. The molecule has 0 saturated heterocycles. The number of hydrogen-bond acceptors (Lipinski definition) is 2. The summed E-state index contributed by atoms with van der Waals surface area (Å²) >= 11 is 0. The molecule has 228 valence electrons. The highest BCUT2D eigenvalue weighted by atomic mass is 15.2. The summed E-state index contributed by atoms with van der Waals surface area (Å²) in [4.78, 5) is 10.7. The van der Waals surface area contributed by atoms with Crippen molar-refractivity contribution in [2.24, 2.45) is 0 Å². The Kier molecular flexibility index (Phi) is 6.18. The SMILES string of the molecule is c1ccc(-c2ccc(-c3nc(-n4c5ccccc5c5cc6ccccc6cc54)nc4ccc(-c5ccc6ccccc6c5)cc34)cc2)cc1. The lowest BCUT2D eigenvalue weighted by atomic mass is 9.97. The minimum absolute atomic E-state index is 0.662. The Morgan fingerprint density at radius 1 is 0.327 bits per heavy atom. The molecule has 0 spiro atoms. The van der Waals surface area contributed by atoms with Gasteiger partial charge in [0, 0.05) is 21.7 Å². The van der Waals surface area contributed by atoms with Crippen LogP contribution < -0.4 is 0 Å². The van der Waals surface area contributed by atoms with Gasteiger partial charge in [-0.1, -0.05) is 140 Å². The molecule has 49 heavy (non-hydrogen) atoms. The van der Waals surface area contributed by atoms with Crippen LogP contribution >= 0.6 is 0 Å². The number of nitrogens with zero attached hydrogens (tertiary/aromatic N) is 3. The van der Waals surface area contributed by atoms with E-state index in [0.29, 0.717) is 5.95 Å². The Balaban J connectivity index is 1.23. The van der Waals surface area contributed by atoms with Gasteiger partial charge in [-0.2, -0.15) is 0 Å². The van der Waals surface area contributed by atoms with E-state index in [0.717, 1.165) is 38.8 Å². The third-order valence-corrected chi connectivity index (χ3v) is 9.77. The molecule has 0 aliphatic carbocycles. The van der Waals surface area contributed by atoms with Crippen molar-refractivity contribution in [1.82, 2.24) is 14.5 Å². The first-order valence-corrected chi connectivity index (χ1v) is 16.7. The fraction of sp³-hybridized carbons (Fsp3) is 0. The van der Waals surface area contributed by atoms with Gasteiger partial charge in [-0.3, -0.25) is 4.57 Å². The van der Waals surface area contributed by atoms with Crippen LogP contribution in [-0.4, -0.2) is 14.5 Å². The molecule has 8 aromatic carbocycles. The summed E-state index contributed by atoms with van der Waals surface area (Å²) in [5, 5.41) is 8.27.